The summed E-state index contributed by atoms with van der Waals surface area (Å²) >= 11 is 0. The predicted octanol–water partition coefficient (Wildman–Crippen LogP) is 3.34. The lowest BCUT2D eigenvalue weighted by Gasteiger charge is -2.37. The number of esters is 1. The van der Waals surface area contributed by atoms with Crippen LogP contribution in [-0.4, -0.2) is 36.7 Å². The molecule has 144 valence electrons. The molecule has 1 aliphatic carbocycles. The smallest absolute Gasteiger partial charge is 0.339 e. The van der Waals surface area contributed by atoms with Crippen LogP contribution in [0.25, 0.3) is 0 Å². The maximum absolute atomic E-state index is 12.7. The second-order valence-electron chi connectivity index (χ2n) is 7.13. The number of carbonyl (C=O) groups is 2. The van der Waals surface area contributed by atoms with E-state index in [0.717, 1.165) is 5.56 Å². The van der Waals surface area contributed by atoms with Gasteiger partial charge in [-0.25, -0.2) is 4.79 Å². The quantitative estimate of drug-likeness (QED) is 0.722. The van der Waals surface area contributed by atoms with E-state index < -0.39 is 17.7 Å². The largest absolute Gasteiger partial charge is 0.448 e. The molecular formula is C23H22O5. The van der Waals surface area contributed by atoms with Gasteiger partial charge in [-0.1, -0.05) is 48.5 Å². The molecule has 3 atom stereocenters. The minimum Gasteiger partial charge on any atom is -0.448 e. The summed E-state index contributed by atoms with van der Waals surface area (Å²) in [6.45, 7) is 1.21. The molecule has 0 saturated carbocycles. The van der Waals surface area contributed by atoms with Crippen LogP contribution in [0.2, 0.25) is 0 Å². The molecule has 0 unspecified atom stereocenters. The third kappa shape index (κ3) is 3.77. The van der Waals surface area contributed by atoms with Crippen LogP contribution >= 0.6 is 0 Å². The van der Waals surface area contributed by atoms with Crippen LogP contribution in [0.1, 0.15) is 22.3 Å². The monoisotopic (exact) mass is 378 g/mol. The lowest BCUT2D eigenvalue weighted by molar-refractivity contribution is -0.122. The molecule has 0 aromatic heterocycles. The Kier molecular flexibility index (Phi) is 5.37. The maximum atomic E-state index is 12.7. The lowest BCUT2D eigenvalue weighted by Crippen LogP contribution is -2.50. The summed E-state index contributed by atoms with van der Waals surface area (Å²) in [6, 6.07) is 18.7. The Morgan fingerprint density at radius 1 is 1.07 bits per heavy atom. The van der Waals surface area contributed by atoms with E-state index in [9.17, 15) is 9.59 Å². The number of ketones is 1. The minimum atomic E-state index is -0.989. The first kappa shape index (κ1) is 18.6. The van der Waals surface area contributed by atoms with Gasteiger partial charge in [0.2, 0.25) is 0 Å². The Bertz CT molecular complexity index is 861. The second-order valence-corrected chi connectivity index (χ2v) is 7.13. The zero-order valence-electron chi connectivity index (χ0n) is 15.5. The Labute approximate surface area is 163 Å². The van der Waals surface area contributed by atoms with Crippen molar-refractivity contribution in [1.29, 1.82) is 0 Å². The molecule has 1 saturated heterocycles. The molecule has 4 rings (SSSR count). The first-order valence-corrected chi connectivity index (χ1v) is 9.41. The normalized spacial score (nSPS) is 26.1. The highest BCUT2D eigenvalue weighted by Crippen LogP contribution is 2.41. The van der Waals surface area contributed by atoms with Crippen molar-refractivity contribution in [1.82, 2.24) is 0 Å². The van der Waals surface area contributed by atoms with Crippen molar-refractivity contribution in [2.75, 3.05) is 13.2 Å². The second kappa shape index (κ2) is 8.09. The van der Waals surface area contributed by atoms with E-state index in [2.05, 4.69) is 0 Å². The molecule has 2 aliphatic rings. The summed E-state index contributed by atoms with van der Waals surface area (Å²) in [5, 5.41) is 0. The standard InChI is InChI=1S/C23H22O5/c24-20-11-12-23(28-22(25)18-9-5-2-6-10-18)19(16-27-21(23)13-20)15-26-14-17-7-3-1-4-8-17/h1-12,19,21H,13-16H2/t19-,21+,23-/m0/s1. The molecule has 1 heterocycles. The molecule has 1 fully saturated rings. The summed E-state index contributed by atoms with van der Waals surface area (Å²) < 4.78 is 17.7. The number of hydrogen-bond donors (Lipinski definition) is 0. The number of rotatable bonds is 6. The molecular weight excluding hydrogens is 356 g/mol. The fourth-order valence-corrected chi connectivity index (χ4v) is 3.74. The van der Waals surface area contributed by atoms with Gasteiger partial charge in [0.15, 0.2) is 11.4 Å². The van der Waals surface area contributed by atoms with E-state index in [4.69, 9.17) is 14.2 Å². The first-order valence-electron chi connectivity index (χ1n) is 9.41. The van der Waals surface area contributed by atoms with Crippen LogP contribution in [0.5, 0.6) is 0 Å². The maximum Gasteiger partial charge on any atom is 0.339 e. The molecule has 2 aromatic carbocycles. The predicted molar refractivity (Wildman–Crippen MR) is 103 cm³/mol. The average Bonchev–Trinajstić information content (AvgIpc) is 3.07. The zero-order chi connectivity index (χ0) is 19.4. The van der Waals surface area contributed by atoms with Crippen LogP contribution < -0.4 is 0 Å². The number of ether oxygens (including phenoxy) is 3. The number of fused-ring (bicyclic) bond motifs is 1. The van der Waals surface area contributed by atoms with Gasteiger partial charge in [0, 0.05) is 6.42 Å². The third-order valence-electron chi connectivity index (χ3n) is 5.27. The van der Waals surface area contributed by atoms with Gasteiger partial charge in [-0.3, -0.25) is 4.79 Å². The number of allylic oxidation sites excluding steroid dienone is 1. The molecule has 5 nitrogen and oxygen atoms in total. The Morgan fingerprint density at radius 3 is 2.54 bits per heavy atom. The molecule has 5 heteroatoms. The highest BCUT2D eigenvalue weighted by Gasteiger charge is 2.55. The minimum absolute atomic E-state index is 0.0257. The number of carbonyl (C=O) groups excluding carboxylic acids is 2. The van der Waals surface area contributed by atoms with Crippen molar-refractivity contribution >= 4 is 11.8 Å². The highest BCUT2D eigenvalue weighted by molar-refractivity contribution is 5.93. The summed E-state index contributed by atoms with van der Waals surface area (Å²) in [5.41, 5.74) is 0.553. The average molecular weight is 378 g/mol. The van der Waals surface area contributed by atoms with Crippen LogP contribution in [-0.2, 0) is 25.6 Å². The van der Waals surface area contributed by atoms with E-state index in [1.54, 1.807) is 30.3 Å². The van der Waals surface area contributed by atoms with Gasteiger partial charge in [-0.15, -0.1) is 0 Å². The van der Waals surface area contributed by atoms with Crippen molar-refractivity contribution in [2.24, 2.45) is 5.92 Å². The molecule has 1 aliphatic heterocycles. The number of hydrogen-bond acceptors (Lipinski definition) is 5. The van der Waals surface area contributed by atoms with Gasteiger partial charge in [0.1, 0.15) is 6.10 Å². The molecule has 28 heavy (non-hydrogen) atoms. The van der Waals surface area contributed by atoms with Gasteiger partial charge >= 0.3 is 5.97 Å². The summed E-state index contributed by atoms with van der Waals surface area (Å²) in [6.07, 6.45) is 2.90. The SMILES string of the molecule is O=C1C=C[C@]2(OC(=O)c3ccccc3)[C@@H](COCc3ccccc3)CO[C@@H]2C1. The molecule has 0 N–H and O–H groups in total. The number of benzene rings is 2. The van der Waals surface area contributed by atoms with Gasteiger partial charge in [0.05, 0.1) is 31.3 Å². The van der Waals surface area contributed by atoms with Crippen LogP contribution in [0.4, 0.5) is 0 Å². The van der Waals surface area contributed by atoms with Crippen LogP contribution in [0.15, 0.2) is 72.8 Å². The van der Waals surface area contributed by atoms with Crippen molar-refractivity contribution in [3.8, 4) is 0 Å². The van der Waals surface area contributed by atoms with Crippen molar-refractivity contribution in [3.05, 3.63) is 83.9 Å². The lowest BCUT2D eigenvalue weighted by atomic mass is 9.80. The first-order chi connectivity index (χ1) is 13.7. The Balaban J connectivity index is 1.51. The molecule has 0 amide bonds. The van der Waals surface area contributed by atoms with Gasteiger partial charge < -0.3 is 14.2 Å². The van der Waals surface area contributed by atoms with Crippen LogP contribution in [0.3, 0.4) is 0 Å². The zero-order valence-corrected chi connectivity index (χ0v) is 15.5. The Morgan fingerprint density at radius 2 is 1.79 bits per heavy atom. The van der Waals surface area contributed by atoms with E-state index in [1.165, 1.54) is 6.08 Å². The van der Waals surface area contributed by atoms with Crippen molar-refractivity contribution in [2.45, 2.75) is 24.7 Å². The highest BCUT2D eigenvalue weighted by atomic mass is 16.6. The van der Waals surface area contributed by atoms with Gasteiger partial charge in [-0.05, 0) is 29.8 Å². The van der Waals surface area contributed by atoms with Crippen molar-refractivity contribution in [3.63, 3.8) is 0 Å². The fourth-order valence-electron chi connectivity index (χ4n) is 3.74. The topological polar surface area (TPSA) is 61.8 Å². The fraction of sp³-hybridized carbons (Fsp3) is 0.304. The molecule has 0 bridgehead atoms. The van der Waals surface area contributed by atoms with Gasteiger partial charge in [0.25, 0.3) is 0 Å². The van der Waals surface area contributed by atoms with Crippen LogP contribution in [0, 0.1) is 5.92 Å². The van der Waals surface area contributed by atoms with E-state index in [1.807, 2.05) is 36.4 Å². The molecule has 2 aromatic rings. The Hall–Kier alpha value is -2.76. The summed E-state index contributed by atoms with van der Waals surface area (Å²) in [7, 11) is 0. The van der Waals surface area contributed by atoms with Crippen molar-refractivity contribution < 1.29 is 23.8 Å². The third-order valence-corrected chi connectivity index (χ3v) is 5.27. The van der Waals surface area contributed by atoms with E-state index >= 15 is 0 Å². The summed E-state index contributed by atoms with van der Waals surface area (Å²) in [5.74, 6) is -0.636. The van der Waals surface area contributed by atoms with E-state index in [0.29, 0.717) is 25.4 Å². The molecule has 0 radical (unpaired) electrons. The summed E-state index contributed by atoms with van der Waals surface area (Å²) in [4.78, 5) is 24.6. The van der Waals surface area contributed by atoms with Gasteiger partial charge in [-0.2, -0.15) is 0 Å². The molecule has 0 spiro atoms. The van der Waals surface area contributed by atoms with E-state index in [-0.39, 0.29) is 18.1 Å².